The summed E-state index contributed by atoms with van der Waals surface area (Å²) in [5, 5.41) is 34.7. The highest BCUT2D eigenvalue weighted by molar-refractivity contribution is 6.24. The summed E-state index contributed by atoms with van der Waals surface area (Å²) in [5.74, 6) is -2.14. The summed E-state index contributed by atoms with van der Waals surface area (Å²) in [6, 6.07) is 13.7. The van der Waals surface area contributed by atoms with Crippen molar-refractivity contribution in [3.05, 3.63) is 77.1 Å². The van der Waals surface area contributed by atoms with E-state index in [0.717, 1.165) is 6.08 Å². The first-order valence-electron chi connectivity index (χ1n) is 11.5. The number of carboxylic acid groups (broad SMARTS) is 1. The highest BCUT2D eigenvalue weighted by Gasteiger charge is 2.22. The zero-order valence-corrected chi connectivity index (χ0v) is 21.4. The van der Waals surface area contributed by atoms with Crippen LogP contribution < -0.4 is 20.9 Å². The quantitative estimate of drug-likeness (QED) is 0.343. The van der Waals surface area contributed by atoms with E-state index >= 15 is 0 Å². The van der Waals surface area contributed by atoms with Gasteiger partial charge in [0.1, 0.15) is 25.3 Å². The molecule has 13 nitrogen and oxygen atoms in total. The van der Waals surface area contributed by atoms with Crippen molar-refractivity contribution in [2.75, 3.05) is 37.5 Å². The van der Waals surface area contributed by atoms with Gasteiger partial charge < -0.3 is 30.7 Å². The first kappa shape index (κ1) is 28.8. The van der Waals surface area contributed by atoms with Gasteiger partial charge >= 0.3 is 12.0 Å². The summed E-state index contributed by atoms with van der Waals surface area (Å²) in [6.07, 6.45) is 2.39. The summed E-state index contributed by atoms with van der Waals surface area (Å²) in [4.78, 5) is 54.5. The van der Waals surface area contributed by atoms with Gasteiger partial charge in [-0.1, -0.05) is 0 Å². The van der Waals surface area contributed by atoms with Crippen molar-refractivity contribution in [3.8, 4) is 12.1 Å². The summed E-state index contributed by atoms with van der Waals surface area (Å²) in [6.45, 7) is -0.468. The number of carbonyl (C=O) groups is 4. The lowest BCUT2D eigenvalue weighted by Crippen LogP contribution is -2.36. The second-order valence-electron chi connectivity index (χ2n) is 8.29. The fourth-order valence-electron chi connectivity index (χ4n) is 3.49. The number of nitrogens with zero attached hydrogens (tertiary/aromatic N) is 4. The van der Waals surface area contributed by atoms with Crippen LogP contribution in [0.25, 0.3) is 0 Å². The first-order chi connectivity index (χ1) is 19.1. The number of anilines is 2. The van der Waals surface area contributed by atoms with Crippen molar-refractivity contribution in [3.63, 3.8) is 0 Å². The van der Waals surface area contributed by atoms with Crippen molar-refractivity contribution in [1.82, 2.24) is 10.6 Å². The summed E-state index contributed by atoms with van der Waals surface area (Å²) in [7, 11) is 2.96. The molecule has 0 aromatic heterocycles. The molecule has 0 radical (unpaired) electrons. The van der Waals surface area contributed by atoms with E-state index in [9.17, 15) is 24.4 Å². The molecule has 0 spiro atoms. The average Bonchev–Trinajstić information content (AvgIpc) is 2.91. The van der Waals surface area contributed by atoms with Crippen LogP contribution in [0.4, 0.5) is 21.9 Å². The molecule has 1 aliphatic carbocycles. The third kappa shape index (κ3) is 7.61. The van der Waals surface area contributed by atoms with Crippen molar-refractivity contribution in [2.24, 2.45) is 4.99 Å². The normalized spacial score (nSPS) is 13.3. The maximum absolute atomic E-state index is 12.8. The third-order valence-electron chi connectivity index (χ3n) is 5.33. The number of hydrogen-bond acceptors (Lipinski definition) is 9. The highest BCUT2D eigenvalue weighted by atomic mass is 16.5. The van der Waals surface area contributed by atoms with E-state index in [-0.39, 0.29) is 47.1 Å². The number of nitriles is 2. The number of aliphatic carboxylic acids is 1. The molecule has 13 heteroatoms. The maximum atomic E-state index is 12.8. The number of urea groups is 1. The van der Waals surface area contributed by atoms with Gasteiger partial charge in [-0.25, -0.2) is 9.79 Å². The molecule has 40 heavy (non-hydrogen) atoms. The molecule has 2 aromatic rings. The Balaban J connectivity index is 1.87. The molecular weight excluding hydrogens is 518 g/mol. The number of allylic oxidation sites excluding steroid dienone is 2. The molecule has 0 heterocycles. The predicted octanol–water partition coefficient (Wildman–Crippen LogP) is 1.96. The van der Waals surface area contributed by atoms with Gasteiger partial charge in [0.15, 0.2) is 0 Å². The SMILES string of the molecule is COCC(=O)NC1=CC(=O)C(NC(=O)Nc2ccc(C#N)c(C#N)c2)=CC1=Nc1ccc(N(C)CC(=O)O)cc1. The Morgan fingerprint density at radius 2 is 1.68 bits per heavy atom. The van der Waals surface area contributed by atoms with Crippen molar-refractivity contribution in [1.29, 1.82) is 10.5 Å². The van der Waals surface area contributed by atoms with Crippen LogP contribution in [0.15, 0.2) is 71.0 Å². The first-order valence-corrected chi connectivity index (χ1v) is 11.5. The van der Waals surface area contributed by atoms with Gasteiger partial charge in [0.05, 0.1) is 33.9 Å². The van der Waals surface area contributed by atoms with Crippen LogP contribution in [-0.2, 0) is 19.1 Å². The Labute approximate surface area is 228 Å². The van der Waals surface area contributed by atoms with E-state index in [1.807, 2.05) is 12.1 Å². The van der Waals surface area contributed by atoms with Gasteiger partial charge in [-0.2, -0.15) is 10.5 Å². The molecule has 3 rings (SSSR count). The van der Waals surface area contributed by atoms with Crippen molar-refractivity contribution in [2.45, 2.75) is 0 Å². The number of hydrogen-bond donors (Lipinski definition) is 4. The van der Waals surface area contributed by atoms with E-state index < -0.39 is 23.7 Å². The van der Waals surface area contributed by atoms with Gasteiger partial charge in [0, 0.05) is 31.6 Å². The number of ether oxygens (including phenoxy) is 1. The maximum Gasteiger partial charge on any atom is 0.323 e. The lowest BCUT2D eigenvalue weighted by molar-refractivity contribution is -0.135. The molecule has 0 unspecified atom stereocenters. The molecule has 0 atom stereocenters. The number of aliphatic imine (C=N–C) groups is 1. The van der Waals surface area contributed by atoms with Gasteiger partial charge in [-0.15, -0.1) is 0 Å². The highest BCUT2D eigenvalue weighted by Crippen LogP contribution is 2.22. The van der Waals surface area contributed by atoms with Crippen molar-refractivity contribution >= 4 is 46.5 Å². The molecule has 0 aliphatic heterocycles. The zero-order chi connectivity index (χ0) is 29.2. The number of methoxy groups -OCH3 is 1. The smallest absolute Gasteiger partial charge is 0.323 e. The number of carboxylic acids is 1. The number of ketones is 1. The Hall–Kier alpha value is -5.79. The van der Waals surface area contributed by atoms with E-state index in [1.165, 1.54) is 36.3 Å². The summed E-state index contributed by atoms with van der Waals surface area (Å²) < 4.78 is 4.82. The molecule has 3 amide bonds. The number of amides is 3. The van der Waals surface area contributed by atoms with Crippen LogP contribution in [-0.4, -0.2) is 61.8 Å². The van der Waals surface area contributed by atoms with Gasteiger partial charge in [0.2, 0.25) is 11.7 Å². The summed E-state index contributed by atoms with van der Waals surface area (Å²) in [5.41, 5.74) is 1.58. The minimum Gasteiger partial charge on any atom is -0.480 e. The van der Waals surface area contributed by atoms with Crippen LogP contribution in [0.5, 0.6) is 0 Å². The van der Waals surface area contributed by atoms with Crippen LogP contribution in [0.1, 0.15) is 11.1 Å². The minimum absolute atomic E-state index is 0.0715. The molecule has 4 N–H and O–H groups in total. The number of nitrogens with one attached hydrogen (secondary N) is 3. The van der Waals surface area contributed by atoms with Gasteiger partial charge in [-0.3, -0.25) is 14.4 Å². The van der Waals surface area contributed by atoms with E-state index in [0.29, 0.717) is 11.4 Å². The molecule has 1 aliphatic rings. The second-order valence-corrected chi connectivity index (χ2v) is 8.29. The summed E-state index contributed by atoms with van der Waals surface area (Å²) >= 11 is 0. The Morgan fingerprint density at radius 1 is 0.975 bits per heavy atom. The van der Waals surface area contributed by atoms with E-state index in [2.05, 4.69) is 20.9 Å². The fraction of sp³-hybridized carbons (Fsp3) is 0.148. The van der Waals surface area contributed by atoms with Crippen LogP contribution >= 0.6 is 0 Å². The lowest BCUT2D eigenvalue weighted by Gasteiger charge is -2.18. The van der Waals surface area contributed by atoms with Crippen molar-refractivity contribution < 1.29 is 29.0 Å². The molecular formula is C27H23N7O6. The monoisotopic (exact) mass is 541 g/mol. The molecule has 0 saturated carbocycles. The predicted molar refractivity (Wildman–Crippen MR) is 144 cm³/mol. The standard InChI is InChI=1S/C27H23N7O6/c1-34(14-26(37)38)20-7-5-18(6-8-20)30-21-10-23(24(35)11-22(21)32-25(36)15-40-2)33-27(39)31-19-4-3-16(12-28)17(9-19)13-29/h3-11H,14-15H2,1-2H3,(H,32,36)(H,37,38)(H2,31,33,39). The van der Waals surface area contributed by atoms with Crippen LogP contribution in [0.2, 0.25) is 0 Å². The fourth-order valence-corrected chi connectivity index (χ4v) is 3.49. The van der Waals surface area contributed by atoms with E-state index in [4.69, 9.17) is 15.1 Å². The molecule has 0 saturated heterocycles. The van der Waals surface area contributed by atoms with Gasteiger partial charge in [-0.05, 0) is 48.5 Å². The molecule has 202 valence electrons. The third-order valence-corrected chi connectivity index (χ3v) is 5.33. The average molecular weight is 542 g/mol. The molecule has 2 aromatic carbocycles. The Bertz CT molecular complexity index is 1530. The largest absolute Gasteiger partial charge is 0.480 e. The van der Waals surface area contributed by atoms with E-state index in [1.54, 1.807) is 31.3 Å². The van der Waals surface area contributed by atoms with Gasteiger partial charge in [0.25, 0.3) is 0 Å². The van der Waals surface area contributed by atoms with Crippen LogP contribution in [0.3, 0.4) is 0 Å². The number of benzene rings is 2. The molecule has 0 fully saturated rings. The van der Waals surface area contributed by atoms with Crippen LogP contribution in [0, 0.1) is 22.7 Å². The second kappa shape index (κ2) is 13.1. The zero-order valence-electron chi connectivity index (χ0n) is 21.4. The lowest BCUT2D eigenvalue weighted by atomic mass is 10.1. The number of rotatable bonds is 9. The Morgan fingerprint density at radius 3 is 2.30 bits per heavy atom. The minimum atomic E-state index is -0.987. The number of carbonyl (C=O) groups excluding carboxylic acids is 3. The topological polar surface area (TPSA) is 197 Å². The number of likely N-dealkylation sites (N-methyl/N-ethyl adjacent to an activating group) is 1. The Kier molecular flexibility index (Phi) is 9.45. The molecule has 0 bridgehead atoms.